The minimum atomic E-state index is -3.73. The molecule has 0 saturated carbocycles. The van der Waals surface area contributed by atoms with Crippen LogP contribution in [0.1, 0.15) is 13.8 Å². The van der Waals surface area contributed by atoms with Crippen LogP contribution in [0, 0.1) is 0 Å². The van der Waals surface area contributed by atoms with Crippen molar-refractivity contribution < 1.29 is 8.42 Å². The Bertz CT molecular complexity index is 536. The van der Waals surface area contributed by atoms with E-state index in [1.54, 1.807) is 12.3 Å². The maximum Gasteiger partial charge on any atom is 0.241 e. The van der Waals surface area contributed by atoms with Gasteiger partial charge in [0.2, 0.25) is 10.0 Å². The van der Waals surface area contributed by atoms with Gasteiger partial charge in [-0.05, 0) is 26.0 Å². The summed E-state index contributed by atoms with van der Waals surface area (Å²) in [4.78, 5) is 8.63. The number of nitrogens with zero attached hydrogens (tertiary/aromatic N) is 3. The van der Waals surface area contributed by atoms with Crippen LogP contribution in [0.25, 0.3) is 0 Å². The molecular formula is C12H20N4O2S. The molecular weight excluding hydrogens is 264 g/mol. The van der Waals surface area contributed by atoms with Crippen molar-refractivity contribution in [2.45, 2.75) is 24.8 Å². The van der Waals surface area contributed by atoms with Gasteiger partial charge < -0.3 is 4.90 Å². The topological polar surface area (TPSA) is 79.5 Å². The molecule has 1 aliphatic heterocycles. The quantitative estimate of drug-likeness (QED) is 0.861. The molecule has 0 spiro atoms. The Morgan fingerprint density at radius 1 is 1.26 bits per heavy atom. The third-order valence-electron chi connectivity index (χ3n) is 3.40. The van der Waals surface area contributed by atoms with Crippen molar-refractivity contribution in [2.75, 3.05) is 31.1 Å². The SMILES string of the molecule is CC(C)N1CCN(c2ncccc2S(N)(=O)=O)CC1. The number of hydrogen-bond acceptors (Lipinski definition) is 5. The average molecular weight is 284 g/mol. The first-order valence-corrected chi connectivity index (χ1v) is 7.91. The number of pyridine rings is 1. The first-order valence-electron chi connectivity index (χ1n) is 6.36. The van der Waals surface area contributed by atoms with Crippen LogP contribution in [-0.4, -0.2) is 50.5 Å². The van der Waals surface area contributed by atoms with E-state index < -0.39 is 10.0 Å². The number of aromatic nitrogens is 1. The van der Waals surface area contributed by atoms with Crippen molar-refractivity contribution >= 4 is 15.8 Å². The van der Waals surface area contributed by atoms with E-state index in [0.29, 0.717) is 11.9 Å². The van der Waals surface area contributed by atoms with Crippen LogP contribution in [0.4, 0.5) is 5.82 Å². The van der Waals surface area contributed by atoms with Crippen molar-refractivity contribution in [1.82, 2.24) is 9.88 Å². The predicted molar refractivity (Wildman–Crippen MR) is 74.5 cm³/mol. The molecule has 6 nitrogen and oxygen atoms in total. The van der Waals surface area contributed by atoms with Crippen LogP contribution in [0.5, 0.6) is 0 Å². The van der Waals surface area contributed by atoms with Gasteiger partial charge in [-0.2, -0.15) is 0 Å². The Morgan fingerprint density at radius 2 is 1.89 bits per heavy atom. The Hall–Kier alpha value is -1.18. The zero-order chi connectivity index (χ0) is 14.0. The summed E-state index contributed by atoms with van der Waals surface area (Å²) in [6, 6.07) is 3.60. The maximum absolute atomic E-state index is 11.6. The van der Waals surface area contributed by atoms with E-state index in [2.05, 4.69) is 23.7 Å². The molecule has 0 atom stereocenters. The number of hydrogen-bond donors (Lipinski definition) is 1. The normalized spacial score (nSPS) is 18.0. The number of piperazine rings is 1. The molecule has 2 heterocycles. The molecule has 19 heavy (non-hydrogen) atoms. The van der Waals surface area contributed by atoms with Crippen molar-refractivity contribution in [1.29, 1.82) is 0 Å². The molecule has 1 aromatic heterocycles. The van der Waals surface area contributed by atoms with Crippen LogP contribution in [0.3, 0.4) is 0 Å². The highest BCUT2D eigenvalue weighted by molar-refractivity contribution is 7.89. The van der Waals surface area contributed by atoms with Gasteiger partial charge in [-0.3, -0.25) is 4.90 Å². The smallest absolute Gasteiger partial charge is 0.241 e. The van der Waals surface area contributed by atoms with Gasteiger partial charge >= 0.3 is 0 Å². The van der Waals surface area contributed by atoms with E-state index in [1.165, 1.54) is 6.07 Å². The monoisotopic (exact) mass is 284 g/mol. The molecule has 0 aliphatic carbocycles. The number of primary sulfonamides is 1. The van der Waals surface area contributed by atoms with Crippen molar-refractivity contribution in [3.63, 3.8) is 0 Å². The average Bonchev–Trinajstić information content (AvgIpc) is 2.38. The lowest BCUT2D eigenvalue weighted by Gasteiger charge is -2.37. The van der Waals surface area contributed by atoms with Gasteiger partial charge in [0.05, 0.1) is 0 Å². The fourth-order valence-electron chi connectivity index (χ4n) is 2.29. The lowest BCUT2D eigenvalue weighted by atomic mass is 10.2. The van der Waals surface area contributed by atoms with Gasteiger partial charge in [0, 0.05) is 38.4 Å². The second-order valence-corrected chi connectivity index (χ2v) is 6.52. The molecule has 7 heteroatoms. The molecule has 0 radical (unpaired) electrons. The Morgan fingerprint density at radius 3 is 2.42 bits per heavy atom. The van der Waals surface area contributed by atoms with Gasteiger partial charge in [0.15, 0.2) is 0 Å². The predicted octanol–water partition coefficient (Wildman–Crippen LogP) is 0.259. The molecule has 0 bridgehead atoms. The van der Waals surface area contributed by atoms with Crippen molar-refractivity contribution in [3.8, 4) is 0 Å². The summed E-state index contributed by atoms with van der Waals surface area (Å²) in [6.45, 7) is 7.64. The van der Waals surface area contributed by atoms with Gasteiger partial charge in [-0.25, -0.2) is 18.5 Å². The molecule has 0 aromatic carbocycles. The summed E-state index contributed by atoms with van der Waals surface area (Å²) < 4.78 is 23.1. The van der Waals surface area contributed by atoms with Crippen LogP contribution in [0.15, 0.2) is 23.2 Å². The van der Waals surface area contributed by atoms with Gasteiger partial charge in [-0.15, -0.1) is 0 Å². The highest BCUT2D eigenvalue weighted by Crippen LogP contribution is 2.22. The van der Waals surface area contributed by atoms with Crippen LogP contribution >= 0.6 is 0 Å². The summed E-state index contributed by atoms with van der Waals surface area (Å²) in [5.41, 5.74) is 0. The van der Waals surface area contributed by atoms with E-state index in [9.17, 15) is 8.42 Å². The Kier molecular flexibility index (Phi) is 4.07. The second kappa shape index (κ2) is 5.44. The summed E-state index contributed by atoms with van der Waals surface area (Å²) in [5.74, 6) is 0.466. The number of nitrogens with two attached hydrogens (primary N) is 1. The summed E-state index contributed by atoms with van der Waals surface area (Å²) in [6.07, 6.45) is 1.60. The lowest BCUT2D eigenvalue weighted by Crippen LogP contribution is -2.49. The highest BCUT2D eigenvalue weighted by atomic mass is 32.2. The summed E-state index contributed by atoms with van der Waals surface area (Å²) >= 11 is 0. The highest BCUT2D eigenvalue weighted by Gasteiger charge is 2.24. The lowest BCUT2D eigenvalue weighted by molar-refractivity contribution is 0.208. The largest absolute Gasteiger partial charge is 0.353 e. The molecule has 1 saturated heterocycles. The molecule has 1 aromatic rings. The second-order valence-electron chi connectivity index (χ2n) is 4.99. The van der Waals surface area contributed by atoms with E-state index in [4.69, 9.17) is 5.14 Å². The molecule has 0 amide bonds. The molecule has 0 unspecified atom stereocenters. The molecule has 106 valence electrons. The van der Waals surface area contributed by atoms with Gasteiger partial charge in [-0.1, -0.05) is 0 Å². The summed E-state index contributed by atoms with van der Waals surface area (Å²) in [7, 11) is -3.73. The third kappa shape index (κ3) is 3.23. The first kappa shape index (κ1) is 14.2. The zero-order valence-electron chi connectivity index (χ0n) is 11.3. The standard InChI is InChI=1S/C12H20N4O2S/c1-10(2)15-6-8-16(9-7-15)12-11(19(13,17)18)4-3-5-14-12/h3-5,10H,6-9H2,1-2H3,(H2,13,17,18). The van der Waals surface area contributed by atoms with E-state index in [0.717, 1.165) is 26.2 Å². The number of sulfonamides is 1. The maximum atomic E-state index is 11.6. The first-order chi connectivity index (χ1) is 8.89. The van der Waals surface area contributed by atoms with Crippen molar-refractivity contribution in [2.24, 2.45) is 5.14 Å². The van der Waals surface area contributed by atoms with Crippen molar-refractivity contribution in [3.05, 3.63) is 18.3 Å². The van der Waals surface area contributed by atoms with Crippen LogP contribution < -0.4 is 10.0 Å². The van der Waals surface area contributed by atoms with Gasteiger partial charge in [0.1, 0.15) is 10.7 Å². The van der Waals surface area contributed by atoms with E-state index in [1.807, 2.05) is 4.90 Å². The molecule has 2 N–H and O–H groups in total. The number of anilines is 1. The van der Waals surface area contributed by atoms with Crippen LogP contribution in [0.2, 0.25) is 0 Å². The fraction of sp³-hybridized carbons (Fsp3) is 0.583. The summed E-state index contributed by atoms with van der Waals surface area (Å²) in [5, 5.41) is 5.23. The third-order valence-corrected chi connectivity index (χ3v) is 4.33. The number of rotatable bonds is 3. The zero-order valence-corrected chi connectivity index (χ0v) is 12.1. The fourth-order valence-corrected chi connectivity index (χ4v) is 3.00. The van der Waals surface area contributed by atoms with E-state index >= 15 is 0 Å². The molecule has 1 fully saturated rings. The molecule has 2 rings (SSSR count). The van der Waals surface area contributed by atoms with Gasteiger partial charge in [0.25, 0.3) is 0 Å². The molecule has 1 aliphatic rings. The minimum Gasteiger partial charge on any atom is -0.353 e. The Balaban J connectivity index is 2.21. The van der Waals surface area contributed by atoms with E-state index in [-0.39, 0.29) is 4.90 Å². The Labute approximate surface area is 114 Å². The van der Waals surface area contributed by atoms with Crippen LogP contribution in [-0.2, 0) is 10.0 Å². The minimum absolute atomic E-state index is 0.105.